The molecule has 7 nitrogen and oxygen atoms in total. The van der Waals surface area contributed by atoms with Crippen LogP contribution in [0.1, 0.15) is 22.0 Å². The van der Waals surface area contributed by atoms with Crippen LogP contribution in [0.25, 0.3) is 0 Å². The van der Waals surface area contributed by atoms with E-state index in [2.05, 4.69) is 0 Å². The van der Waals surface area contributed by atoms with Crippen LogP contribution in [0.3, 0.4) is 0 Å². The van der Waals surface area contributed by atoms with Gasteiger partial charge in [0.05, 0.1) is 21.3 Å². The van der Waals surface area contributed by atoms with Crippen LogP contribution in [0, 0.1) is 0 Å². The number of ketones is 1. The van der Waals surface area contributed by atoms with Crippen molar-refractivity contribution in [1.29, 1.82) is 0 Å². The zero-order chi connectivity index (χ0) is 19.3. The van der Waals surface area contributed by atoms with Gasteiger partial charge >= 0.3 is 0 Å². The summed E-state index contributed by atoms with van der Waals surface area (Å²) < 4.78 is 20.6. The number of aliphatic hydroxyl groups excluding tert-OH is 1. The number of benzene rings is 2. The highest BCUT2D eigenvalue weighted by atomic mass is 16.5. The number of methoxy groups -OCH3 is 4. The summed E-state index contributed by atoms with van der Waals surface area (Å²) in [5.41, 5.74) is 0.442. The molecule has 2 rings (SSSR count). The summed E-state index contributed by atoms with van der Waals surface area (Å²) in [6.45, 7) is 0. The molecule has 26 heavy (non-hydrogen) atoms. The van der Waals surface area contributed by atoms with Gasteiger partial charge in [0, 0.05) is 19.2 Å². The summed E-state index contributed by atoms with van der Waals surface area (Å²) in [5, 5.41) is 20.8. The molecule has 140 valence electrons. The molecule has 2 aromatic rings. The molecule has 0 saturated carbocycles. The number of carbonyl (C=O) groups excluding carboxylic acids is 1. The van der Waals surface area contributed by atoms with Crippen LogP contribution in [0.15, 0.2) is 36.4 Å². The zero-order valence-electron chi connectivity index (χ0n) is 15.1. The minimum atomic E-state index is -1.55. The standard InChI is InChI=1S/C19H22O7/c1-23-12-7-5-11(6-8-12)19(26-4)18(22)17(21)16-14(20)9-13(24-2)10-15(16)25-3/h5-10,18-20,22H,1-4H3/t18-,19-/m0/s1. The van der Waals surface area contributed by atoms with E-state index in [0.29, 0.717) is 17.1 Å². The number of ether oxygens (including phenoxy) is 4. The third kappa shape index (κ3) is 3.89. The minimum absolute atomic E-state index is 0.0930. The van der Waals surface area contributed by atoms with Gasteiger partial charge in [0.25, 0.3) is 0 Å². The molecule has 0 aliphatic heterocycles. The molecule has 0 fully saturated rings. The average Bonchev–Trinajstić information content (AvgIpc) is 2.67. The SMILES string of the molecule is COc1ccc([C@H](OC)[C@@H](O)C(=O)c2c(O)cc(OC)cc2OC)cc1. The van der Waals surface area contributed by atoms with Crippen LogP contribution < -0.4 is 14.2 Å². The van der Waals surface area contributed by atoms with E-state index in [1.54, 1.807) is 31.4 Å². The van der Waals surface area contributed by atoms with Crippen LogP contribution in [0.4, 0.5) is 0 Å². The Bertz CT molecular complexity index is 755. The Labute approximate surface area is 151 Å². The highest BCUT2D eigenvalue weighted by Gasteiger charge is 2.32. The lowest BCUT2D eigenvalue weighted by Gasteiger charge is -2.22. The highest BCUT2D eigenvalue weighted by molar-refractivity contribution is 6.04. The molecule has 7 heteroatoms. The third-order valence-corrected chi connectivity index (χ3v) is 4.01. The molecule has 0 aromatic heterocycles. The topological polar surface area (TPSA) is 94.5 Å². The van der Waals surface area contributed by atoms with Gasteiger partial charge in [0.2, 0.25) is 5.78 Å². The van der Waals surface area contributed by atoms with Gasteiger partial charge in [0.15, 0.2) is 0 Å². The zero-order valence-corrected chi connectivity index (χ0v) is 15.1. The van der Waals surface area contributed by atoms with Gasteiger partial charge in [-0.15, -0.1) is 0 Å². The number of aliphatic hydroxyl groups is 1. The first-order valence-corrected chi connectivity index (χ1v) is 7.80. The van der Waals surface area contributed by atoms with Crippen molar-refractivity contribution in [3.05, 3.63) is 47.5 Å². The maximum atomic E-state index is 12.8. The van der Waals surface area contributed by atoms with Crippen molar-refractivity contribution in [1.82, 2.24) is 0 Å². The highest BCUT2D eigenvalue weighted by Crippen LogP contribution is 2.36. The first kappa shape index (κ1) is 19.6. The fourth-order valence-corrected chi connectivity index (χ4v) is 2.63. The molecule has 0 aliphatic carbocycles. The smallest absolute Gasteiger partial charge is 0.201 e. The predicted octanol–water partition coefficient (Wildman–Crippen LogP) is 2.35. The number of hydrogen-bond acceptors (Lipinski definition) is 7. The second kappa shape index (κ2) is 8.55. The summed E-state index contributed by atoms with van der Waals surface area (Å²) in [7, 11) is 5.71. The number of rotatable bonds is 8. The molecule has 0 aliphatic rings. The van der Waals surface area contributed by atoms with E-state index < -0.39 is 18.0 Å². The van der Waals surface area contributed by atoms with Crippen LogP contribution >= 0.6 is 0 Å². The van der Waals surface area contributed by atoms with Gasteiger partial charge in [-0.3, -0.25) is 4.79 Å². The van der Waals surface area contributed by atoms with Crippen LogP contribution in [-0.2, 0) is 4.74 Å². The van der Waals surface area contributed by atoms with Crippen molar-refractivity contribution >= 4 is 5.78 Å². The summed E-state index contributed by atoms with van der Waals surface area (Å²) in [4.78, 5) is 12.8. The Kier molecular flexibility index (Phi) is 6.43. The number of carbonyl (C=O) groups is 1. The molecule has 0 unspecified atom stereocenters. The third-order valence-electron chi connectivity index (χ3n) is 4.01. The summed E-state index contributed by atoms with van der Waals surface area (Å²) >= 11 is 0. The lowest BCUT2D eigenvalue weighted by molar-refractivity contribution is -0.00457. The van der Waals surface area contributed by atoms with Crippen molar-refractivity contribution < 1.29 is 34.0 Å². The van der Waals surface area contributed by atoms with E-state index in [4.69, 9.17) is 18.9 Å². The monoisotopic (exact) mass is 362 g/mol. The van der Waals surface area contributed by atoms with Crippen LogP contribution in [0.2, 0.25) is 0 Å². The lowest BCUT2D eigenvalue weighted by atomic mass is 9.95. The first-order chi connectivity index (χ1) is 12.5. The predicted molar refractivity (Wildman–Crippen MR) is 94.3 cm³/mol. The normalized spacial score (nSPS) is 13.0. The van der Waals surface area contributed by atoms with Crippen LogP contribution in [0.5, 0.6) is 23.0 Å². The van der Waals surface area contributed by atoms with E-state index in [9.17, 15) is 15.0 Å². The van der Waals surface area contributed by atoms with Crippen molar-refractivity contribution in [2.45, 2.75) is 12.2 Å². The molecule has 0 heterocycles. The molecule has 0 bridgehead atoms. The Balaban J connectivity index is 2.37. The molecule has 0 radical (unpaired) electrons. The molecule has 2 N–H and O–H groups in total. The Hall–Kier alpha value is -2.77. The molecule has 0 amide bonds. The Morgan fingerprint density at radius 1 is 0.923 bits per heavy atom. The summed E-state index contributed by atoms with van der Waals surface area (Å²) in [6, 6.07) is 9.50. The number of phenolic OH excluding ortho intramolecular Hbond substituents is 1. The average molecular weight is 362 g/mol. The second-order valence-corrected chi connectivity index (χ2v) is 5.46. The second-order valence-electron chi connectivity index (χ2n) is 5.46. The summed E-state index contributed by atoms with van der Waals surface area (Å²) in [5.74, 6) is -0.0299. The molecular weight excluding hydrogens is 340 g/mol. The van der Waals surface area contributed by atoms with Gasteiger partial charge < -0.3 is 29.2 Å². The first-order valence-electron chi connectivity index (χ1n) is 7.80. The molecular formula is C19H22O7. The largest absolute Gasteiger partial charge is 0.507 e. The minimum Gasteiger partial charge on any atom is -0.507 e. The molecule has 0 spiro atoms. The van der Waals surface area contributed by atoms with E-state index in [1.807, 2.05) is 0 Å². The van der Waals surface area contributed by atoms with E-state index in [1.165, 1.54) is 33.5 Å². The van der Waals surface area contributed by atoms with Crippen molar-refractivity contribution in [3.8, 4) is 23.0 Å². The van der Waals surface area contributed by atoms with Gasteiger partial charge in [-0.05, 0) is 17.7 Å². The number of Topliss-reactive ketones (excluding diaryl/α,β-unsaturated/α-hetero) is 1. The van der Waals surface area contributed by atoms with E-state index in [0.717, 1.165) is 0 Å². The maximum Gasteiger partial charge on any atom is 0.201 e. The van der Waals surface area contributed by atoms with Crippen LogP contribution in [-0.4, -0.2) is 50.5 Å². The number of phenols is 1. The number of hydrogen-bond donors (Lipinski definition) is 2. The fourth-order valence-electron chi connectivity index (χ4n) is 2.63. The van der Waals surface area contributed by atoms with E-state index >= 15 is 0 Å². The summed E-state index contributed by atoms with van der Waals surface area (Å²) in [6.07, 6.45) is -2.48. The van der Waals surface area contributed by atoms with Crippen molar-refractivity contribution in [3.63, 3.8) is 0 Å². The van der Waals surface area contributed by atoms with Gasteiger partial charge in [0.1, 0.15) is 40.8 Å². The van der Waals surface area contributed by atoms with Crippen molar-refractivity contribution in [2.24, 2.45) is 0 Å². The molecule has 2 aromatic carbocycles. The quantitative estimate of drug-likeness (QED) is 0.696. The van der Waals surface area contributed by atoms with Gasteiger partial charge in [-0.25, -0.2) is 0 Å². The Morgan fingerprint density at radius 2 is 1.54 bits per heavy atom. The lowest BCUT2D eigenvalue weighted by Crippen LogP contribution is -2.29. The fraction of sp³-hybridized carbons (Fsp3) is 0.316. The number of aromatic hydroxyl groups is 1. The van der Waals surface area contributed by atoms with E-state index in [-0.39, 0.29) is 17.1 Å². The van der Waals surface area contributed by atoms with Gasteiger partial charge in [-0.2, -0.15) is 0 Å². The Morgan fingerprint density at radius 3 is 2.04 bits per heavy atom. The molecule has 2 atom stereocenters. The van der Waals surface area contributed by atoms with Gasteiger partial charge in [-0.1, -0.05) is 12.1 Å². The molecule has 0 saturated heterocycles. The maximum absolute atomic E-state index is 12.8. The van der Waals surface area contributed by atoms with Crippen molar-refractivity contribution in [2.75, 3.05) is 28.4 Å².